The number of carbonyl (C=O) groups excluding carboxylic acids is 1. The van der Waals surface area contributed by atoms with Crippen molar-refractivity contribution in [1.29, 1.82) is 0 Å². The van der Waals surface area contributed by atoms with Crippen LogP contribution < -0.4 is 0 Å². The van der Waals surface area contributed by atoms with E-state index < -0.39 is 0 Å². The summed E-state index contributed by atoms with van der Waals surface area (Å²) in [6, 6.07) is 4.44. The molecule has 0 saturated heterocycles. The van der Waals surface area contributed by atoms with Crippen LogP contribution in [0.25, 0.3) is 0 Å². The fourth-order valence-electron chi connectivity index (χ4n) is 1.57. The van der Waals surface area contributed by atoms with Crippen molar-refractivity contribution in [2.75, 3.05) is 13.6 Å². The average Bonchev–Trinajstić information content (AvgIpc) is 2.32. The van der Waals surface area contributed by atoms with Crippen LogP contribution in [0.2, 0.25) is 0 Å². The number of allylic oxidation sites excluding steroid dienone is 1. The highest BCUT2D eigenvalue weighted by Crippen LogP contribution is 2.11. The maximum atomic E-state index is 13.1. The third-order valence-corrected chi connectivity index (χ3v) is 2.65. The maximum absolute atomic E-state index is 13.1. The van der Waals surface area contributed by atoms with E-state index in [0.717, 1.165) is 12.8 Å². The van der Waals surface area contributed by atoms with E-state index in [1.54, 1.807) is 24.9 Å². The molecule has 0 saturated carbocycles. The molecule has 2 nitrogen and oxygen atoms in total. The lowest BCUT2D eigenvalue weighted by Crippen LogP contribution is -2.27. The first kappa shape index (κ1) is 13.4. The first-order valence-electron chi connectivity index (χ1n) is 5.68. The Bertz CT molecular complexity index is 415. The van der Waals surface area contributed by atoms with Crippen LogP contribution in [-0.4, -0.2) is 24.4 Å². The molecule has 0 aliphatic rings. The Hall–Kier alpha value is -1.64. The largest absolute Gasteiger partial charge is 0.342 e. The summed E-state index contributed by atoms with van der Waals surface area (Å²) in [7, 11) is 1.75. The lowest BCUT2D eigenvalue weighted by atomic mass is 10.1. The van der Waals surface area contributed by atoms with Gasteiger partial charge in [-0.15, -0.1) is 6.58 Å². The van der Waals surface area contributed by atoms with Gasteiger partial charge in [0.05, 0.1) is 0 Å². The number of halogens is 1. The fourth-order valence-corrected chi connectivity index (χ4v) is 1.57. The van der Waals surface area contributed by atoms with Crippen LogP contribution in [0.4, 0.5) is 4.39 Å². The van der Waals surface area contributed by atoms with Crippen molar-refractivity contribution in [3.63, 3.8) is 0 Å². The van der Waals surface area contributed by atoms with Crippen LogP contribution in [0.5, 0.6) is 0 Å². The van der Waals surface area contributed by atoms with Crippen molar-refractivity contribution >= 4 is 5.91 Å². The molecule has 0 unspecified atom stereocenters. The van der Waals surface area contributed by atoms with Gasteiger partial charge in [0.1, 0.15) is 5.82 Å². The SMILES string of the molecule is C=CCCCN(C)C(=O)c1ccc(F)c(C)c1. The van der Waals surface area contributed by atoms with Crippen LogP contribution in [0.15, 0.2) is 30.9 Å². The number of unbranched alkanes of at least 4 members (excludes halogenated alkanes) is 1. The lowest BCUT2D eigenvalue weighted by Gasteiger charge is -2.17. The Morgan fingerprint density at radius 1 is 1.53 bits per heavy atom. The summed E-state index contributed by atoms with van der Waals surface area (Å²) in [6.07, 6.45) is 3.62. The molecule has 1 aromatic carbocycles. The van der Waals surface area contributed by atoms with E-state index in [2.05, 4.69) is 6.58 Å². The van der Waals surface area contributed by atoms with E-state index in [-0.39, 0.29) is 11.7 Å². The number of rotatable bonds is 5. The smallest absolute Gasteiger partial charge is 0.253 e. The number of hydrogen-bond acceptors (Lipinski definition) is 1. The van der Waals surface area contributed by atoms with E-state index >= 15 is 0 Å². The monoisotopic (exact) mass is 235 g/mol. The lowest BCUT2D eigenvalue weighted by molar-refractivity contribution is 0.0793. The summed E-state index contributed by atoms with van der Waals surface area (Å²) in [6.45, 7) is 5.98. The summed E-state index contributed by atoms with van der Waals surface area (Å²) < 4.78 is 13.1. The minimum Gasteiger partial charge on any atom is -0.342 e. The average molecular weight is 235 g/mol. The van der Waals surface area contributed by atoms with Crippen LogP contribution in [-0.2, 0) is 0 Å². The molecule has 0 atom stereocenters. The van der Waals surface area contributed by atoms with Crippen molar-refractivity contribution in [3.8, 4) is 0 Å². The van der Waals surface area contributed by atoms with Gasteiger partial charge in [-0.25, -0.2) is 4.39 Å². The number of benzene rings is 1. The van der Waals surface area contributed by atoms with Crippen LogP contribution >= 0.6 is 0 Å². The summed E-state index contributed by atoms with van der Waals surface area (Å²) in [5.41, 5.74) is 1.03. The van der Waals surface area contributed by atoms with Crippen molar-refractivity contribution in [2.24, 2.45) is 0 Å². The molecule has 0 spiro atoms. The molecule has 0 fully saturated rings. The summed E-state index contributed by atoms with van der Waals surface area (Å²) in [4.78, 5) is 13.6. The molecular weight excluding hydrogens is 217 g/mol. The van der Waals surface area contributed by atoms with Gasteiger partial charge in [0.2, 0.25) is 0 Å². The van der Waals surface area contributed by atoms with Gasteiger partial charge in [0.15, 0.2) is 0 Å². The molecule has 0 heterocycles. The molecule has 0 aromatic heterocycles. The van der Waals surface area contributed by atoms with Gasteiger partial charge in [0.25, 0.3) is 5.91 Å². The zero-order valence-corrected chi connectivity index (χ0v) is 10.4. The van der Waals surface area contributed by atoms with Gasteiger partial charge in [-0.2, -0.15) is 0 Å². The summed E-state index contributed by atoms with van der Waals surface area (Å²) in [5.74, 6) is -0.354. The fraction of sp³-hybridized carbons (Fsp3) is 0.357. The van der Waals surface area contributed by atoms with Crippen LogP contribution in [0.3, 0.4) is 0 Å². The normalized spacial score (nSPS) is 10.1. The van der Waals surface area contributed by atoms with Gasteiger partial charge in [0, 0.05) is 19.2 Å². The summed E-state index contributed by atoms with van der Waals surface area (Å²) in [5, 5.41) is 0. The number of aryl methyl sites for hydroxylation is 1. The van der Waals surface area contributed by atoms with Gasteiger partial charge in [-0.05, 0) is 43.5 Å². The quantitative estimate of drug-likeness (QED) is 0.567. The molecule has 3 heteroatoms. The number of carbonyl (C=O) groups is 1. The highest BCUT2D eigenvalue weighted by molar-refractivity contribution is 5.94. The highest BCUT2D eigenvalue weighted by Gasteiger charge is 2.12. The second-order valence-corrected chi connectivity index (χ2v) is 4.12. The first-order valence-corrected chi connectivity index (χ1v) is 5.68. The van der Waals surface area contributed by atoms with Crippen molar-refractivity contribution in [1.82, 2.24) is 4.90 Å². The number of hydrogen-bond donors (Lipinski definition) is 0. The minimum absolute atomic E-state index is 0.0721. The molecule has 0 N–H and O–H groups in total. The van der Waals surface area contributed by atoms with E-state index in [1.165, 1.54) is 12.1 Å². The molecule has 0 aliphatic carbocycles. The minimum atomic E-state index is -0.282. The molecule has 0 radical (unpaired) electrons. The Morgan fingerprint density at radius 3 is 2.82 bits per heavy atom. The molecule has 1 aromatic rings. The Morgan fingerprint density at radius 2 is 2.24 bits per heavy atom. The highest BCUT2D eigenvalue weighted by atomic mass is 19.1. The second-order valence-electron chi connectivity index (χ2n) is 4.12. The van der Waals surface area contributed by atoms with Gasteiger partial charge < -0.3 is 4.90 Å². The molecule has 0 bridgehead atoms. The van der Waals surface area contributed by atoms with Crippen molar-refractivity contribution in [3.05, 3.63) is 47.8 Å². The Labute approximate surface area is 102 Å². The van der Waals surface area contributed by atoms with E-state index in [1.807, 2.05) is 6.08 Å². The predicted molar refractivity (Wildman–Crippen MR) is 67.5 cm³/mol. The maximum Gasteiger partial charge on any atom is 0.253 e. The third-order valence-electron chi connectivity index (χ3n) is 2.65. The molecular formula is C14H18FNO. The molecule has 1 rings (SSSR count). The van der Waals surface area contributed by atoms with Gasteiger partial charge >= 0.3 is 0 Å². The number of nitrogens with zero attached hydrogens (tertiary/aromatic N) is 1. The topological polar surface area (TPSA) is 20.3 Å². The molecule has 0 aliphatic heterocycles. The van der Waals surface area contributed by atoms with Crippen LogP contribution in [0, 0.1) is 12.7 Å². The first-order chi connectivity index (χ1) is 8.06. The standard InChI is InChI=1S/C14H18FNO/c1-4-5-6-9-16(3)14(17)12-7-8-13(15)11(2)10-12/h4,7-8,10H,1,5-6,9H2,2-3H3. The Kier molecular flexibility index (Phi) is 4.88. The van der Waals surface area contributed by atoms with E-state index in [9.17, 15) is 9.18 Å². The molecule has 17 heavy (non-hydrogen) atoms. The predicted octanol–water partition coefficient (Wildman–Crippen LogP) is 3.17. The van der Waals surface area contributed by atoms with E-state index in [0.29, 0.717) is 17.7 Å². The Balaban J connectivity index is 2.68. The van der Waals surface area contributed by atoms with Gasteiger partial charge in [-0.3, -0.25) is 4.79 Å². The van der Waals surface area contributed by atoms with Gasteiger partial charge in [-0.1, -0.05) is 6.08 Å². The molecule has 1 amide bonds. The van der Waals surface area contributed by atoms with E-state index in [4.69, 9.17) is 0 Å². The zero-order chi connectivity index (χ0) is 12.8. The van der Waals surface area contributed by atoms with Crippen molar-refractivity contribution in [2.45, 2.75) is 19.8 Å². The second kappa shape index (κ2) is 6.18. The van der Waals surface area contributed by atoms with Crippen LogP contribution in [0.1, 0.15) is 28.8 Å². The summed E-state index contributed by atoms with van der Waals surface area (Å²) >= 11 is 0. The zero-order valence-electron chi connectivity index (χ0n) is 10.4. The molecule has 92 valence electrons. The number of amides is 1. The third kappa shape index (κ3) is 3.70. The van der Waals surface area contributed by atoms with Crippen molar-refractivity contribution < 1.29 is 9.18 Å².